The minimum absolute atomic E-state index is 0.201. The van der Waals surface area contributed by atoms with Gasteiger partial charge in [-0.2, -0.15) is 24.9 Å². The van der Waals surface area contributed by atoms with Crippen LogP contribution < -0.4 is 15.4 Å². The van der Waals surface area contributed by atoms with E-state index in [1.807, 2.05) is 24.8 Å². The van der Waals surface area contributed by atoms with Crippen molar-refractivity contribution in [2.24, 2.45) is 4.99 Å². The first-order valence-electron chi connectivity index (χ1n) is 8.75. The largest absolute Gasteiger partial charge is 0.484 e. The van der Waals surface area contributed by atoms with Gasteiger partial charge in [0.05, 0.1) is 6.54 Å². The molecule has 1 fully saturated rings. The maximum absolute atomic E-state index is 12.3. The summed E-state index contributed by atoms with van der Waals surface area (Å²) in [4.78, 5) is 4.56. The van der Waals surface area contributed by atoms with Crippen molar-refractivity contribution in [1.29, 1.82) is 0 Å². The third-order valence-corrected chi connectivity index (χ3v) is 5.22. The van der Waals surface area contributed by atoms with Crippen molar-refractivity contribution >= 4 is 17.7 Å². The van der Waals surface area contributed by atoms with Crippen molar-refractivity contribution in [1.82, 2.24) is 10.6 Å². The van der Waals surface area contributed by atoms with Crippen molar-refractivity contribution in [3.63, 3.8) is 0 Å². The summed E-state index contributed by atoms with van der Waals surface area (Å²) in [5.74, 6) is 0.937. The highest BCUT2D eigenvalue weighted by Gasteiger charge is 2.28. The molecule has 4 nitrogen and oxygen atoms in total. The fourth-order valence-corrected chi connectivity index (χ4v) is 3.66. The van der Waals surface area contributed by atoms with Gasteiger partial charge < -0.3 is 15.4 Å². The lowest BCUT2D eigenvalue weighted by molar-refractivity contribution is -0.153. The summed E-state index contributed by atoms with van der Waals surface area (Å²) < 4.78 is 41.6. The molecule has 0 heterocycles. The molecule has 2 unspecified atom stereocenters. The molecule has 0 aliphatic heterocycles. The van der Waals surface area contributed by atoms with E-state index in [4.69, 9.17) is 4.74 Å². The molecule has 1 aromatic carbocycles. The summed E-state index contributed by atoms with van der Waals surface area (Å²) in [6, 6.07) is 7.03. The van der Waals surface area contributed by atoms with E-state index in [9.17, 15) is 13.2 Å². The lowest BCUT2D eigenvalue weighted by Gasteiger charge is -2.17. The molecule has 0 saturated heterocycles. The fraction of sp³-hybridized carbons (Fsp3) is 0.611. The number of guanidine groups is 1. The van der Waals surface area contributed by atoms with Gasteiger partial charge in [0.15, 0.2) is 12.6 Å². The van der Waals surface area contributed by atoms with Gasteiger partial charge in [-0.05, 0) is 50.1 Å². The zero-order chi connectivity index (χ0) is 19.0. The molecule has 2 rings (SSSR count). The Bertz CT molecular complexity index is 595. The standard InChI is InChI=1S/C18H26F3N3OS/c1-3-22-17(24-14-7-8-16(10-14)26-2)23-11-13-5-4-6-15(9-13)25-12-18(19,20)21/h4-6,9,14,16H,3,7-8,10-12H2,1-2H3,(H2,22,23,24). The summed E-state index contributed by atoms with van der Waals surface area (Å²) in [5.41, 5.74) is 0.801. The molecule has 2 atom stereocenters. The topological polar surface area (TPSA) is 45.7 Å². The van der Waals surface area contributed by atoms with Crippen LogP contribution in [-0.2, 0) is 6.54 Å². The van der Waals surface area contributed by atoms with Gasteiger partial charge in [-0.25, -0.2) is 4.99 Å². The van der Waals surface area contributed by atoms with Crippen LogP contribution in [-0.4, -0.2) is 42.8 Å². The number of hydrogen-bond donors (Lipinski definition) is 2. The number of nitrogens with zero attached hydrogens (tertiary/aromatic N) is 1. The Balaban J connectivity index is 1.93. The van der Waals surface area contributed by atoms with Gasteiger partial charge in [0.2, 0.25) is 0 Å². The van der Waals surface area contributed by atoms with Crippen molar-refractivity contribution in [2.45, 2.75) is 50.2 Å². The van der Waals surface area contributed by atoms with Gasteiger partial charge in [0.25, 0.3) is 0 Å². The highest BCUT2D eigenvalue weighted by molar-refractivity contribution is 7.99. The van der Waals surface area contributed by atoms with Crippen LogP contribution in [0, 0.1) is 0 Å². The monoisotopic (exact) mass is 389 g/mol. The van der Waals surface area contributed by atoms with Crippen LogP contribution in [0.25, 0.3) is 0 Å². The lowest BCUT2D eigenvalue weighted by atomic mass is 10.2. The molecule has 0 radical (unpaired) electrons. The van der Waals surface area contributed by atoms with E-state index in [2.05, 4.69) is 21.9 Å². The first-order chi connectivity index (χ1) is 12.4. The number of halogens is 3. The average molecular weight is 389 g/mol. The van der Waals surface area contributed by atoms with Crippen molar-refractivity contribution in [3.8, 4) is 5.75 Å². The zero-order valence-corrected chi connectivity index (χ0v) is 15.9. The van der Waals surface area contributed by atoms with Crippen LogP contribution in [0.3, 0.4) is 0 Å². The number of rotatable bonds is 7. The molecular formula is C18H26F3N3OS. The molecule has 0 amide bonds. The average Bonchev–Trinajstić information content (AvgIpc) is 3.05. The van der Waals surface area contributed by atoms with Gasteiger partial charge in [0, 0.05) is 17.8 Å². The normalized spacial score (nSPS) is 20.9. The van der Waals surface area contributed by atoms with Gasteiger partial charge in [-0.15, -0.1) is 0 Å². The minimum atomic E-state index is -4.34. The Morgan fingerprint density at radius 3 is 2.81 bits per heavy atom. The number of ether oxygens (including phenoxy) is 1. The van der Waals surface area contributed by atoms with E-state index in [-0.39, 0.29) is 5.75 Å². The molecule has 1 aliphatic rings. The van der Waals surface area contributed by atoms with E-state index in [0.29, 0.717) is 17.8 Å². The summed E-state index contributed by atoms with van der Waals surface area (Å²) in [7, 11) is 0. The number of alkyl halides is 3. The van der Waals surface area contributed by atoms with Crippen molar-refractivity contribution in [2.75, 3.05) is 19.4 Å². The van der Waals surface area contributed by atoms with E-state index in [0.717, 1.165) is 30.9 Å². The molecule has 1 aromatic rings. The SMILES string of the molecule is CCNC(=NCc1cccc(OCC(F)(F)F)c1)NC1CCC(SC)C1. The zero-order valence-electron chi connectivity index (χ0n) is 15.1. The van der Waals surface area contributed by atoms with Crippen LogP contribution >= 0.6 is 11.8 Å². The molecule has 26 heavy (non-hydrogen) atoms. The molecule has 0 spiro atoms. The molecule has 1 saturated carbocycles. The summed E-state index contributed by atoms with van der Waals surface area (Å²) >= 11 is 1.90. The van der Waals surface area contributed by atoms with Gasteiger partial charge >= 0.3 is 6.18 Å². The Morgan fingerprint density at radius 1 is 1.35 bits per heavy atom. The highest BCUT2D eigenvalue weighted by atomic mass is 32.2. The number of benzene rings is 1. The fourth-order valence-electron chi connectivity index (χ4n) is 2.87. The molecule has 2 N–H and O–H groups in total. The maximum atomic E-state index is 12.3. The van der Waals surface area contributed by atoms with E-state index in [1.165, 1.54) is 12.5 Å². The summed E-state index contributed by atoms with van der Waals surface area (Å²) in [6.07, 6.45) is 1.24. The number of hydrogen-bond acceptors (Lipinski definition) is 3. The Labute approximate surface area is 157 Å². The lowest BCUT2D eigenvalue weighted by Crippen LogP contribution is -2.42. The third-order valence-electron chi connectivity index (χ3n) is 4.12. The molecular weight excluding hydrogens is 363 g/mol. The minimum Gasteiger partial charge on any atom is -0.484 e. The number of nitrogens with one attached hydrogen (secondary N) is 2. The quantitative estimate of drug-likeness (QED) is 0.547. The van der Waals surface area contributed by atoms with Crippen molar-refractivity contribution in [3.05, 3.63) is 29.8 Å². The molecule has 0 aromatic heterocycles. The first kappa shape index (κ1) is 20.7. The van der Waals surface area contributed by atoms with Crippen LogP contribution in [0.4, 0.5) is 13.2 Å². The van der Waals surface area contributed by atoms with Gasteiger partial charge in [-0.1, -0.05) is 12.1 Å². The van der Waals surface area contributed by atoms with E-state index in [1.54, 1.807) is 12.1 Å². The Kier molecular flexibility index (Phi) is 7.93. The first-order valence-corrected chi connectivity index (χ1v) is 10.0. The Morgan fingerprint density at radius 2 is 2.15 bits per heavy atom. The van der Waals surface area contributed by atoms with Gasteiger partial charge in [-0.3, -0.25) is 0 Å². The smallest absolute Gasteiger partial charge is 0.422 e. The van der Waals surface area contributed by atoms with Crippen LogP contribution in [0.15, 0.2) is 29.3 Å². The number of thioether (sulfide) groups is 1. The van der Waals surface area contributed by atoms with Gasteiger partial charge in [0.1, 0.15) is 5.75 Å². The van der Waals surface area contributed by atoms with E-state index < -0.39 is 12.8 Å². The van der Waals surface area contributed by atoms with Crippen molar-refractivity contribution < 1.29 is 17.9 Å². The third kappa shape index (κ3) is 7.35. The second-order valence-corrected chi connectivity index (χ2v) is 7.40. The molecule has 8 heteroatoms. The van der Waals surface area contributed by atoms with Crippen LogP contribution in [0.5, 0.6) is 5.75 Å². The molecule has 0 bridgehead atoms. The second kappa shape index (κ2) is 9.94. The molecule has 146 valence electrons. The highest BCUT2D eigenvalue weighted by Crippen LogP contribution is 2.28. The molecule has 1 aliphatic carbocycles. The second-order valence-electron chi connectivity index (χ2n) is 6.26. The van der Waals surface area contributed by atoms with Crippen LogP contribution in [0.1, 0.15) is 31.7 Å². The maximum Gasteiger partial charge on any atom is 0.422 e. The Hall–Kier alpha value is -1.57. The van der Waals surface area contributed by atoms with Crippen LogP contribution in [0.2, 0.25) is 0 Å². The predicted octanol–water partition coefficient (Wildman–Crippen LogP) is 3.97. The van der Waals surface area contributed by atoms with E-state index >= 15 is 0 Å². The summed E-state index contributed by atoms with van der Waals surface area (Å²) in [6.45, 7) is 1.83. The number of aliphatic imine (C=N–C) groups is 1. The summed E-state index contributed by atoms with van der Waals surface area (Å²) in [5, 5.41) is 7.37. The predicted molar refractivity (Wildman–Crippen MR) is 101 cm³/mol.